The standard InChI is InChI=1S/C17H13Cl4N3O2/c18-11-2-1-10(13(20)7-11)9-22-24-17(26)6-5-16(25)23-15-4-3-12(19)8-14(15)21/h1-4,7-9H,5-6H2,(H,23,25)(H,24,26)/b22-9+. The molecule has 0 bridgehead atoms. The quantitative estimate of drug-likeness (QED) is 0.488. The second-order valence-corrected chi connectivity index (χ2v) is 6.82. The van der Waals surface area contributed by atoms with Crippen molar-refractivity contribution in [3.63, 3.8) is 0 Å². The van der Waals surface area contributed by atoms with Crippen LogP contribution in [-0.2, 0) is 9.59 Å². The Labute approximate surface area is 170 Å². The molecule has 0 atom stereocenters. The van der Waals surface area contributed by atoms with Crippen LogP contribution < -0.4 is 10.7 Å². The Morgan fingerprint density at radius 1 is 0.885 bits per heavy atom. The van der Waals surface area contributed by atoms with E-state index in [0.717, 1.165) is 0 Å². The number of rotatable bonds is 6. The number of hydrazone groups is 1. The number of hydrogen-bond donors (Lipinski definition) is 2. The van der Waals surface area contributed by atoms with Crippen molar-refractivity contribution < 1.29 is 9.59 Å². The van der Waals surface area contributed by atoms with Gasteiger partial charge < -0.3 is 5.32 Å². The first-order chi connectivity index (χ1) is 12.3. The molecule has 0 aliphatic heterocycles. The van der Waals surface area contributed by atoms with Gasteiger partial charge in [0.2, 0.25) is 11.8 Å². The van der Waals surface area contributed by atoms with E-state index >= 15 is 0 Å². The highest BCUT2D eigenvalue weighted by Gasteiger charge is 2.09. The Hall–Kier alpha value is -1.79. The van der Waals surface area contributed by atoms with Gasteiger partial charge in [-0.3, -0.25) is 9.59 Å². The highest BCUT2D eigenvalue weighted by molar-refractivity contribution is 6.37. The van der Waals surface area contributed by atoms with Crippen molar-refractivity contribution in [3.05, 3.63) is 62.1 Å². The number of carbonyl (C=O) groups is 2. The molecule has 2 aromatic rings. The average molecular weight is 433 g/mol. The van der Waals surface area contributed by atoms with Gasteiger partial charge in [0.15, 0.2) is 0 Å². The largest absolute Gasteiger partial charge is 0.325 e. The molecule has 2 N–H and O–H groups in total. The fourth-order valence-corrected chi connectivity index (χ4v) is 2.78. The smallest absolute Gasteiger partial charge is 0.240 e. The molecule has 136 valence electrons. The molecule has 0 unspecified atom stereocenters. The van der Waals surface area contributed by atoms with Crippen LogP contribution in [0.15, 0.2) is 41.5 Å². The van der Waals surface area contributed by atoms with E-state index in [2.05, 4.69) is 15.8 Å². The fraction of sp³-hybridized carbons (Fsp3) is 0.118. The second kappa shape index (κ2) is 9.78. The third-order valence-electron chi connectivity index (χ3n) is 3.14. The van der Waals surface area contributed by atoms with Gasteiger partial charge >= 0.3 is 0 Å². The zero-order valence-corrected chi connectivity index (χ0v) is 16.3. The van der Waals surface area contributed by atoms with Gasteiger partial charge in [0.1, 0.15) is 0 Å². The molecule has 0 fully saturated rings. The minimum Gasteiger partial charge on any atom is -0.325 e. The maximum Gasteiger partial charge on any atom is 0.240 e. The first-order valence-electron chi connectivity index (χ1n) is 7.37. The molecular formula is C17H13Cl4N3O2. The summed E-state index contributed by atoms with van der Waals surface area (Å²) in [5, 5.41) is 8.11. The van der Waals surface area contributed by atoms with Crippen molar-refractivity contribution in [2.75, 3.05) is 5.32 Å². The molecule has 26 heavy (non-hydrogen) atoms. The zero-order chi connectivity index (χ0) is 19.1. The molecule has 0 spiro atoms. The topological polar surface area (TPSA) is 70.6 Å². The lowest BCUT2D eigenvalue weighted by molar-refractivity contribution is -0.124. The van der Waals surface area contributed by atoms with Crippen LogP contribution in [0.2, 0.25) is 20.1 Å². The molecule has 0 aliphatic rings. The van der Waals surface area contributed by atoms with Crippen LogP contribution in [0.3, 0.4) is 0 Å². The first kappa shape index (κ1) is 20.5. The molecule has 2 aromatic carbocycles. The van der Waals surface area contributed by atoms with Gasteiger partial charge in [0.25, 0.3) is 0 Å². The normalized spacial score (nSPS) is 10.8. The van der Waals surface area contributed by atoms with Gasteiger partial charge in [-0.2, -0.15) is 5.10 Å². The van der Waals surface area contributed by atoms with E-state index in [4.69, 9.17) is 46.4 Å². The predicted octanol–water partition coefficient (Wildman–Crippen LogP) is 5.17. The third kappa shape index (κ3) is 6.50. The Morgan fingerprint density at radius 3 is 2.15 bits per heavy atom. The highest BCUT2D eigenvalue weighted by atomic mass is 35.5. The van der Waals surface area contributed by atoms with E-state index in [1.165, 1.54) is 12.3 Å². The molecular weight excluding hydrogens is 420 g/mol. The summed E-state index contributed by atoms with van der Waals surface area (Å²) >= 11 is 23.5. The van der Waals surface area contributed by atoms with E-state index in [0.29, 0.717) is 31.3 Å². The molecule has 0 saturated heterocycles. The van der Waals surface area contributed by atoms with Crippen LogP contribution in [0.1, 0.15) is 18.4 Å². The Bertz CT molecular complexity index is 856. The van der Waals surface area contributed by atoms with Crippen LogP contribution in [-0.4, -0.2) is 18.0 Å². The summed E-state index contributed by atoms with van der Waals surface area (Å²) in [6, 6.07) is 9.60. The SMILES string of the molecule is O=C(CCC(=O)Nc1ccc(Cl)cc1Cl)N/N=C/c1ccc(Cl)cc1Cl. The van der Waals surface area contributed by atoms with E-state index < -0.39 is 5.91 Å². The first-order valence-corrected chi connectivity index (χ1v) is 8.88. The number of halogens is 4. The van der Waals surface area contributed by atoms with Crippen LogP contribution in [0.25, 0.3) is 0 Å². The third-order valence-corrected chi connectivity index (χ3v) is 4.25. The van der Waals surface area contributed by atoms with Crippen molar-refractivity contribution >= 4 is 70.1 Å². The number of anilines is 1. The highest BCUT2D eigenvalue weighted by Crippen LogP contribution is 2.25. The second-order valence-electron chi connectivity index (χ2n) is 5.13. The molecule has 2 amide bonds. The van der Waals surface area contributed by atoms with Crippen LogP contribution in [0.4, 0.5) is 5.69 Å². The summed E-state index contributed by atoms with van der Waals surface area (Å²) in [6.07, 6.45) is 1.33. The van der Waals surface area contributed by atoms with Gasteiger partial charge in [0.05, 0.1) is 21.9 Å². The van der Waals surface area contributed by atoms with Crippen molar-refractivity contribution in [2.45, 2.75) is 12.8 Å². The Balaban J connectivity index is 1.79. The molecule has 0 aromatic heterocycles. The van der Waals surface area contributed by atoms with Crippen LogP contribution in [0.5, 0.6) is 0 Å². The summed E-state index contributed by atoms with van der Waals surface area (Å²) in [5.74, 6) is -0.766. The summed E-state index contributed by atoms with van der Waals surface area (Å²) in [4.78, 5) is 23.6. The Morgan fingerprint density at radius 2 is 1.50 bits per heavy atom. The molecule has 0 heterocycles. The van der Waals surface area contributed by atoms with Crippen LogP contribution >= 0.6 is 46.4 Å². The van der Waals surface area contributed by atoms with Crippen molar-refractivity contribution in [1.29, 1.82) is 0 Å². The lowest BCUT2D eigenvalue weighted by Gasteiger charge is -2.07. The number of nitrogens with one attached hydrogen (secondary N) is 2. The summed E-state index contributed by atoms with van der Waals surface area (Å²) in [7, 11) is 0. The van der Waals surface area contributed by atoms with E-state index in [1.807, 2.05) is 0 Å². The average Bonchev–Trinajstić information content (AvgIpc) is 2.57. The van der Waals surface area contributed by atoms with E-state index in [1.54, 1.807) is 30.3 Å². The molecule has 2 rings (SSSR count). The number of amides is 2. The zero-order valence-electron chi connectivity index (χ0n) is 13.2. The monoisotopic (exact) mass is 431 g/mol. The van der Waals surface area contributed by atoms with Gasteiger partial charge in [-0.1, -0.05) is 52.5 Å². The van der Waals surface area contributed by atoms with Crippen LogP contribution in [0, 0.1) is 0 Å². The van der Waals surface area contributed by atoms with E-state index in [9.17, 15) is 9.59 Å². The van der Waals surface area contributed by atoms with Gasteiger partial charge in [-0.05, 0) is 30.3 Å². The fourth-order valence-electron chi connectivity index (χ4n) is 1.87. The van der Waals surface area contributed by atoms with E-state index in [-0.39, 0.29) is 18.7 Å². The lowest BCUT2D eigenvalue weighted by Crippen LogP contribution is -2.20. The summed E-state index contributed by atoms with van der Waals surface area (Å²) in [5.41, 5.74) is 3.36. The summed E-state index contributed by atoms with van der Waals surface area (Å²) < 4.78 is 0. The predicted molar refractivity (Wildman–Crippen MR) is 107 cm³/mol. The summed E-state index contributed by atoms with van der Waals surface area (Å²) in [6.45, 7) is 0. The Kier molecular flexibility index (Phi) is 7.72. The number of nitrogens with zero attached hydrogens (tertiary/aromatic N) is 1. The minimum absolute atomic E-state index is 0.0258. The number of benzene rings is 2. The van der Waals surface area contributed by atoms with Crippen molar-refractivity contribution in [2.24, 2.45) is 5.10 Å². The van der Waals surface area contributed by atoms with Crippen molar-refractivity contribution in [1.82, 2.24) is 5.43 Å². The molecule has 9 heteroatoms. The van der Waals surface area contributed by atoms with Gasteiger partial charge in [0, 0.05) is 28.5 Å². The molecule has 0 saturated carbocycles. The van der Waals surface area contributed by atoms with Gasteiger partial charge in [-0.15, -0.1) is 0 Å². The molecule has 5 nitrogen and oxygen atoms in total. The number of carbonyl (C=O) groups excluding carboxylic acids is 2. The molecule has 0 aliphatic carbocycles. The van der Waals surface area contributed by atoms with Crippen molar-refractivity contribution in [3.8, 4) is 0 Å². The number of hydrogen-bond acceptors (Lipinski definition) is 3. The molecule has 0 radical (unpaired) electrons. The lowest BCUT2D eigenvalue weighted by atomic mass is 10.2. The maximum atomic E-state index is 11.9. The minimum atomic E-state index is -0.413. The van der Waals surface area contributed by atoms with Gasteiger partial charge in [-0.25, -0.2) is 5.43 Å². The maximum absolute atomic E-state index is 11.9.